The maximum absolute atomic E-state index is 13.7. The van der Waals surface area contributed by atoms with Gasteiger partial charge in [-0.25, -0.2) is 12.8 Å². The highest BCUT2D eigenvalue weighted by molar-refractivity contribution is 7.92. The van der Waals surface area contributed by atoms with Crippen molar-refractivity contribution in [2.24, 2.45) is 0 Å². The molecule has 1 aliphatic rings. The number of benzene rings is 2. The Morgan fingerprint density at radius 1 is 1.03 bits per heavy atom. The molecule has 0 aliphatic carbocycles. The number of carbonyl (C=O) groups excluding carboxylic acids is 2. The molecule has 0 spiro atoms. The highest BCUT2D eigenvalue weighted by Gasteiger charge is 2.32. The largest absolute Gasteiger partial charge is 0.486 e. The molecule has 1 heterocycles. The number of hydrogen-bond donors (Lipinski definition) is 1. The molecule has 0 saturated heterocycles. The Morgan fingerprint density at radius 2 is 1.68 bits per heavy atom. The minimum absolute atomic E-state index is 0.00425. The zero-order chi connectivity index (χ0) is 27.2. The van der Waals surface area contributed by atoms with Crippen LogP contribution in [0.15, 0.2) is 42.5 Å². The topological polar surface area (TPSA) is 105 Å². The van der Waals surface area contributed by atoms with Crippen LogP contribution in [0.3, 0.4) is 0 Å². The molecule has 2 aromatic rings. The number of amides is 2. The van der Waals surface area contributed by atoms with Crippen molar-refractivity contribution in [1.82, 2.24) is 10.2 Å². The van der Waals surface area contributed by atoms with Gasteiger partial charge in [-0.05, 0) is 49.6 Å². The van der Waals surface area contributed by atoms with E-state index in [4.69, 9.17) is 9.47 Å². The standard InChI is InChI=1S/C26H34FN3O6S/c1-5-18(3)28-26(32)22(6-2)29(16-19-7-9-20(27)10-8-19)25(31)17-30(37(4,33)34)21-11-12-23-24(15-21)36-14-13-35-23/h7-12,15,18,22H,5-6,13-14,16-17H2,1-4H3,(H,28,32)/t18-,22+/m1/s1. The van der Waals surface area contributed by atoms with Crippen LogP contribution in [0.5, 0.6) is 11.5 Å². The third-order valence-corrected chi connectivity index (χ3v) is 7.29. The van der Waals surface area contributed by atoms with Crippen molar-refractivity contribution in [3.8, 4) is 11.5 Å². The number of carbonyl (C=O) groups is 2. The minimum atomic E-state index is -3.89. The van der Waals surface area contributed by atoms with Crippen LogP contribution < -0.4 is 19.1 Å². The number of nitrogens with one attached hydrogen (secondary N) is 1. The Bertz CT molecular complexity index is 1210. The Labute approximate surface area is 217 Å². The summed E-state index contributed by atoms with van der Waals surface area (Å²) in [6.45, 7) is 5.76. The molecule has 2 aromatic carbocycles. The van der Waals surface area contributed by atoms with Gasteiger partial charge in [-0.3, -0.25) is 13.9 Å². The molecule has 9 nitrogen and oxygen atoms in total. The lowest BCUT2D eigenvalue weighted by atomic mass is 10.1. The predicted molar refractivity (Wildman–Crippen MR) is 139 cm³/mol. The lowest BCUT2D eigenvalue weighted by molar-refractivity contribution is -0.140. The molecule has 0 saturated carbocycles. The summed E-state index contributed by atoms with van der Waals surface area (Å²) in [6.07, 6.45) is 2.02. The van der Waals surface area contributed by atoms with Crippen LogP contribution in [0.25, 0.3) is 0 Å². The fourth-order valence-corrected chi connectivity index (χ4v) is 4.79. The SMILES string of the molecule is CC[C@@H](C)NC(=O)[C@H](CC)N(Cc1ccc(F)cc1)C(=O)CN(c1ccc2c(c1)OCCO2)S(C)(=O)=O. The van der Waals surface area contributed by atoms with E-state index in [0.29, 0.717) is 43.1 Å². The van der Waals surface area contributed by atoms with Crippen LogP contribution in [0, 0.1) is 5.82 Å². The molecule has 0 unspecified atom stereocenters. The molecule has 11 heteroatoms. The second kappa shape index (κ2) is 12.3. The second-order valence-electron chi connectivity index (χ2n) is 8.99. The van der Waals surface area contributed by atoms with Crippen molar-refractivity contribution in [2.75, 3.05) is 30.3 Å². The number of rotatable bonds is 11. The Balaban J connectivity index is 1.94. The van der Waals surface area contributed by atoms with E-state index < -0.39 is 34.3 Å². The van der Waals surface area contributed by atoms with Gasteiger partial charge in [-0.15, -0.1) is 0 Å². The molecule has 0 fully saturated rings. The third kappa shape index (κ3) is 7.34. The quantitative estimate of drug-likeness (QED) is 0.474. The minimum Gasteiger partial charge on any atom is -0.486 e. The van der Waals surface area contributed by atoms with E-state index in [0.717, 1.165) is 10.6 Å². The Hall–Kier alpha value is -3.34. The summed E-state index contributed by atoms with van der Waals surface area (Å²) in [5.74, 6) is -0.466. The van der Waals surface area contributed by atoms with E-state index in [-0.39, 0.29) is 24.2 Å². The average Bonchev–Trinajstić information content (AvgIpc) is 2.87. The van der Waals surface area contributed by atoms with Crippen molar-refractivity contribution in [3.05, 3.63) is 53.8 Å². The number of nitrogens with zero attached hydrogens (tertiary/aromatic N) is 2. The first-order valence-corrected chi connectivity index (χ1v) is 14.1. The molecule has 3 rings (SSSR count). The smallest absolute Gasteiger partial charge is 0.244 e. The Kier molecular flexibility index (Phi) is 9.36. The predicted octanol–water partition coefficient (Wildman–Crippen LogP) is 3.09. The summed E-state index contributed by atoms with van der Waals surface area (Å²) in [6, 6.07) is 9.30. The number of anilines is 1. The Morgan fingerprint density at radius 3 is 2.27 bits per heavy atom. The normalized spacial score (nSPS) is 14.4. The van der Waals surface area contributed by atoms with Gasteiger partial charge in [0.05, 0.1) is 11.9 Å². The van der Waals surface area contributed by atoms with E-state index >= 15 is 0 Å². The maximum Gasteiger partial charge on any atom is 0.244 e. The zero-order valence-corrected chi connectivity index (χ0v) is 22.4. The van der Waals surface area contributed by atoms with Crippen molar-refractivity contribution >= 4 is 27.5 Å². The van der Waals surface area contributed by atoms with Gasteiger partial charge in [-0.1, -0.05) is 26.0 Å². The van der Waals surface area contributed by atoms with Gasteiger partial charge in [0.1, 0.15) is 31.6 Å². The maximum atomic E-state index is 13.7. The van der Waals surface area contributed by atoms with Gasteiger partial charge in [0, 0.05) is 18.7 Å². The summed E-state index contributed by atoms with van der Waals surface area (Å²) in [5, 5.41) is 2.91. The molecule has 0 bridgehead atoms. The molecule has 2 amide bonds. The van der Waals surface area contributed by atoms with Crippen molar-refractivity contribution < 1.29 is 31.9 Å². The number of fused-ring (bicyclic) bond motifs is 1. The van der Waals surface area contributed by atoms with Crippen LogP contribution >= 0.6 is 0 Å². The summed E-state index contributed by atoms with van der Waals surface area (Å²) < 4.78 is 51.1. The molecule has 0 radical (unpaired) electrons. The van der Waals surface area contributed by atoms with Gasteiger partial charge >= 0.3 is 0 Å². The van der Waals surface area contributed by atoms with Gasteiger partial charge in [0.2, 0.25) is 21.8 Å². The van der Waals surface area contributed by atoms with Gasteiger partial charge in [-0.2, -0.15) is 0 Å². The summed E-state index contributed by atoms with van der Waals surface area (Å²) in [7, 11) is -3.89. The molecule has 37 heavy (non-hydrogen) atoms. The third-order valence-electron chi connectivity index (χ3n) is 6.15. The lowest BCUT2D eigenvalue weighted by Gasteiger charge is -2.33. The van der Waals surface area contributed by atoms with Crippen LogP contribution in [-0.4, -0.2) is 63.2 Å². The van der Waals surface area contributed by atoms with E-state index in [1.165, 1.54) is 35.2 Å². The summed E-state index contributed by atoms with van der Waals surface area (Å²) in [5.41, 5.74) is 0.841. The first-order chi connectivity index (χ1) is 17.5. The average molecular weight is 536 g/mol. The van der Waals surface area contributed by atoms with Gasteiger partial charge in [0.15, 0.2) is 11.5 Å². The fraction of sp³-hybridized carbons (Fsp3) is 0.462. The monoisotopic (exact) mass is 535 g/mol. The number of hydrogen-bond acceptors (Lipinski definition) is 6. The number of halogens is 1. The van der Waals surface area contributed by atoms with E-state index in [1.807, 2.05) is 13.8 Å². The van der Waals surface area contributed by atoms with Gasteiger partial charge < -0.3 is 19.7 Å². The van der Waals surface area contributed by atoms with E-state index in [2.05, 4.69) is 5.32 Å². The highest BCUT2D eigenvalue weighted by atomic mass is 32.2. The van der Waals surface area contributed by atoms with Crippen LogP contribution in [-0.2, 0) is 26.2 Å². The summed E-state index contributed by atoms with van der Waals surface area (Å²) in [4.78, 5) is 28.2. The first kappa shape index (κ1) is 28.2. The molecule has 2 atom stereocenters. The molecule has 1 aliphatic heterocycles. The van der Waals surface area contributed by atoms with Crippen LogP contribution in [0.1, 0.15) is 39.2 Å². The van der Waals surface area contributed by atoms with E-state index in [9.17, 15) is 22.4 Å². The van der Waals surface area contributed by atoms with Crippen molar-refractivity contribution in [2.45, 2.75) is 52.2 Å². The molecule has 1 N–H and O–H groups in total. The van der Waals surface area contributed by atoms with Crippen LogP contribution in [0.2, 0.25) is 0 Å². The summed E-state index contributed by atoms with van der Waals surface area (Å²) >= 11 is 0. The molecular weight excluding hydrogens is 501 g/mol. The first-order valence-electron chi connectivity index (χ1n) is 12.2. The van der Waals surface area contributed by atoms with Crippen molar-refractivity contribution in [1.29, 1.82) is 0 Å². The zero-order valence-electron chi connectivity index (χ0n) is 21.6. The van der Waals surface area contributed by atoms with Crippen molar-refractivity contribution in [3.63, 3.8) is 0 Å². The molecular formula is C26H34FN3O6S. The number of sulfonamides is 1. The highest BCUT2D eigenvalue weighted by Crippen LogP contribution is 2.34. The molecule has 0 aromatic heterocycles. The molecule has 202 valence electrons. The van der Waals surface area contributed by atoms with E-state index in [1.54, 1.807) is 19.1 Å². The second-order valence-corrected chi connectivity index (χ2v) is 10.9. The van der Waals surface area contributed by atoms with Crippen LogP contribution in [0.4, 0.5) is 10.1 Å². The fourth-order valence-electron chi connectivity index (χ4n) is 3.95. The lowest BCUT2D eigenvalue weighted by Crippen LogP contribution is -2.53. The van der Waals surface area contributed by atoms with Gasteiger partial charge in [0.25, 0.3) is 0 Å². The number of ether oxygens (including phenoxy) is 2.